The van der Waals surface area contributed by atoms with Gasteiger partial charge in [0.1, 0.15) is 4.99 Å². The summed E-state index contributed by atoms with van der Waals surface area (Å²) >= 11 is 4.65. The van der Waals surface area contributed by atoms with Crippen molar-refractivity contribution in [3.63, 3.8) is 0 Å². The summed E-state index contributed by atoms with van der Waals surface area (Å²) < 4.78 is 44.2. The van der Waals surface area contributed by atoms with Crippen molar-refractivity contribution in [3.05, 3.63) is 29.3 Å². The fourth-order valence-electron chi connectivity index (χ4n) is 1.72. The van der Waals surface area contributed by atoms with Crippen LogP contribution in [-0.4, -0.2) is 24.7 Å². The number of nitrogens with two attached hydrogens (primary N) is 1. The van der Waals surface area contributed by atoms with Gasteiger partial charge in [-0.1, -0.05) is 25.6 Å². The van der Waals surface area contributed by atoms with E-state index < -0.39 is 11.7 Å². The minimum Gasteiger partial charge on any atom is -0.389 e. The molecule has 7 heteroatoms. The lowest BCUT2D eigenvalue weighted by molar-refractivity contribution is -0.137. The molecule has 1 aromatic carbocycles. The van der Waals surface area contributed by atoms with Crippen LogP contribution in [0.15, 0.2) is 18.2 Å². The number of halogens is 3. The van der Waals surface area contributed by atoms with Gasteiger partial charge < -0.3 is 15.8 Å². The molecule has 0 saturated heterocycles. The lowest BCUT2D eigenvalue weighted by Gasteiger charge is -2.14. The molecule has 0 heterocycles. The SMILES string of the molecule is CCCCOCCNc1ccc(C(N)=S)c(C(F)(F)F)c1. The third-order valence-electron chi connectivity index (χ3n) is 2.81. The zero-order valence-electron chi connectivity index (χ0n) is 11.8. The lowest BCUT2D eigenvalue weighted by Crippen LogP contribution is -2.18. The highest BCUT2D eigenvalue weighted by molar-refractivity contribution is 7.80. The van der Waals surface area contributed by atoms with Crippen LogP contribution in [0.1, 0.15) is 30.9 Å². The van der Waals surface area contributed by atoms with E-state index in [1.165, 1.54) is 12.1 Å². The fraction of sp³-hybridized carbons (Fsp3) is 0.500. The molecular weight excluding hydrogens is 301 g/mol. The molecule has 0 aromatic heterocycles. The molecular formula is C14H19F3N2OS. The highest BCUT2D eigenvalue weighted by Crippen LogP contribution is 2.33. The largest absolute Gasteiger partial charge is 0.417 e. The number of hydrogen-bond donors (Lipinski definition) is 2. The molecule has 0 aliphatic rings. The normalized spacial score (nSPS) is 11.4. The Morgan fingerprint density at radius 1 is 1.33 bits per heavy atom. The van der Waals surface area contributed by atoms with Gasteiger partial charge in [0.15, 0.2) is 0 Å². The molecule has 0 atom stereocenters. The summed E-state index contributed by atoms with van der Waals surface area (Å²) in [5, 5.41) is 2.89. The minimum atomic E-state index is -4.49. The molecule has 0 bridgehead atoms. The average Bonchev–Trinajstić information content (AvgIpc) is 2.41. The molecule has 21 heavy (non-hydrogen) atoms. The molecule has 3 nitrogen and oxygen atoms in total. The lowest BCUT2D eigenvalue weighted by atomic mass is 10.1. The van der Waals surface area contributed by atoms with Crippen molar-refractivity contribution in [2.24, 2.45) is 5.73 Å². The molecule has 0 radical (unpaired) electrons. The first kappa shape index (κ1) is 17.7. The maximum atomic E-state index is 12.9. The Bertz CT molecular complexity index is 478. The number of ether oxygens (including phenoxy) is 1. The Labute approximate surface area is 127 Å². The Kier molecular flexibility index (Phi) is 6.91. The molecule has 0 spiro atoms. The number of alkyl halides is 3. The van der Waals surface area contributed by atoms with E-state index in [1.54, 1.807) is 0 Å². The number of benzene rings is 1. The van der Waals surface area contributed by atoms with Gasteiger partial charge in [0.05, 0.1) is 12.2 Å². The molecule has 0 aliphatic heterocycles. The van der Waals surface area contributed by atoms with Crippen molar-refractivity contribution in [1.82, 2.24) is 0 Å². The van der Waals surface area contributed by atoms with Crippen LogP contribution in [0.25, 0.3) is 0 Å². The molecule has 1 aromatic rings. The van der Waals surface area contributed by atoms with Crippen LogP contribution in [0.2, 0.25) is 0 Å². The maximum Gasteiger partial charge on any atom is 0.417 e. The second-order valence-corrected chi connectivity index (χ2v) is 4.95. The van der Waals surface area contributed by atoms with Gasteiger partial charge in [-0.25, -0.2) is 0 Å². The van der Waals surface area contributed by atoms with Gasteiger partial charge in [-0.2, -0.15) is 13.2 Å². The van der Waals surface area contributed by atoms with Gasteiger partial charge in [-0.05, 0) is 24.6 Å². The quantitative estimate of drug-likeness (QED) is 0.568. The number of hydrogen-bond acceptors (Lipinski definition) is 3. The van der Waals surface area contributed by atoms with Crippen LogP contribution in [-0.2, 0) is 10.9 Å². The Morgan fingerprint density at radius 3 is 2.62 bits per heavy atom. The molecule has 0 fully saturated rings. The van der Waals surface area contributed by atoms with Crippen LogP contribution >= 0.6 is 12.2 Å². The zero-order valence-corrected chi connectivity index (χ0v) is 12.6. The summed E-state index contributed by atoms with van der Waals surface area (Å²) in [6, 6.07) is 3.82. The molecule has 0 amide bonds. The number of rotatable bonds is 8. The van der Waals surface area contributed by atoms with Gasteiger partial charge in [-0.3, -0.25) is 0 Å². The number of anilines is 1. The summed E-state index contributed by atoms with van der Waals surface area (Å²) in [6.45, 7) is 3.60. The maximum absolute atomic E-state index is 12.9. The van der Waals surface area contributed by atoms with Crippen LogP contribution in [0.4, 0.5) is 18.9 Å². The molecule has 3 N–H and O–H groups in total. The Morgan fingerprint density at radius 2 is 2.05 bits per heavy atom. The molecule has 0 saturated carbocycles. The number of nitrogens with one attached hydrogen (secondary N) is 1. The van der Waals surface area contributed by atoms with E-state index in [-0.39, 0.29) is 10.6 Å². The average molecular weight is 320 g/mol. The summed E-state index contributed by atoms with van der Waals surface area (Å²) in [5.41, 5.74) is 4.69. The van der Waals surface area contributed by atoms with Gasteiger partial charge in [0, 0.05) is 24.4 Å². The van der Waals surface area contributed by atoms with Crippen molar-refractivity contribution in [3.8, 4) is 0 Å². The number of unbranched alkanes of at least 4 members (excludes halogenated alkanes) is 1. The third kappa shape index (κ3) is 5.89. The summed E-state index contributed by atoms with van der Waals surface area (Å²) in [6.07, 6.45) is -2.47. The van der Waals surface area contributed by atoms with E-state index >= 15 is 0 Å². The van der Waals surface area contributed by atoms with Crippen molar-refractivity contribution in [2.45, 2.75) is 25.9 Å². The van der Waals surface area contributed by atoms with Crippen LogP contribution in [0.5, 0.6) is 0 Å². The molecule has 118 valence electrons. The van der Waals surface area contributed by atoms with E-state index in [0.29, 0.717) is 25.4 Å². The Balaban J connectivity index is 2.66. The van der Waals surface area contributed by atoms with Crippen molar-refractivity contribution in [1.29, 1.82) is 0 Å². The zero-order chi connectivity index (χ0) is 15.9. The predicted molar refractivity (Wildman–Crippen MR) is 81.5 cm³/mol. The van der Waals surface area contributed by atoms with Crippen molar-refractivity contribution >= 4 is 22.9 Å². The second kappa shape index (κ2) is 8.19. The van der Waals surface area contributed by atoms with E-state index in [0.717, 1.165) is 18.9 Å². The van der Waals surface area contributed by atoms with Crippen molar-refractivity contribution < 1.29 is 17.9 Å². The summed E-state index contributed by atoms with van der Waals surface area (Å²) in [5.74, 6) is 0. The van der Waals surface area contributed by atoms with Gasteiger partial charge >= 0.3 is 6.18 Å². The monoisotopic (exact) mass is 320 g/mol. The van der Waals surface area contributed by atoms with E-state index in [2.05, 4.69) is 24.5 Å². The Hall–Kier alpha value is -1.34. The van der Waals surface area contributed by atoms with E-state index in [9.17, 15) is 13.2 Å². The van der Waals surface area contributed by atoms with Crippen LogP contribution < -0.4 is 11.1 Å². The summed E-state index contributed by atoms with van der Waals surface area (Å²) in [7, 11) is 0. The van der Waals surface area contributed by atoms with Gasteiger partial charge in [-0.15, -0.1) is 0 Å². The highest BCUT2D eigenvalue weighted by atomic mass is 32.1. The molecule has 0 unspecified atom stereocenters. The minimum absolute atomic E-state index is 0.165. The predicted octanol–water partition coefficient (Wildman–Crippen LogP) is 3.57. The smallest absolute Gasteiger partial charge is 0.389 e. The van der Waals surface area contributed by atoms with Gasteiger partial charge in [0.25, 0.3) is 0 Å². The van der Waals surface area contributed by atoms with E-state index in [1.807, 2.05) is 0 Å². The topological polar surface area (TPSA) is 47.3 Å². The van der Waals surface area contributed by atoms with E-state index in [4.69, 9.17) is 10.5 Å². The second-order valence-electron chi connectivity index (χ2n) is 4.52. The van der Waals surface area contributed by atoms with Crippen LogP contribution in [0.3, 0.4) is 0 Å². The van der Waals surface area contributed by atoms with Crippen molar-refractivity contribution in [2.75, 3.05) is 25.1 Å². The van der Waals surface area contributed by atoms with Gasteiger partial charge in [0.2, 0.25) is 0 Å². The third-order valence-corrected chi connectivity index (χ3v) is 3.03. The first-order chi connectivity index (χ1) is 9.86. The number of thiocarbonyl (C=S) groups is 1. The molecule has 1 rings (SSSR count). The first-order valence-corrected chi connectivity index (χ1v) is 7.09. The fourth-order valence-corrected chi connectivity index (χ4v) is 1.90. The van der Waals surface area contributed by atoms with Crippen LogP contribution in [0, 0.1) is 0 Å². The first-order valence-electron chi connectivity index (χ1n) is 6.69. The molecule has 0 aliphatic carbocycles. The summed E-state index contributed by atoms with van der Waals surface area (Å²) in [4.78, 5) is -0.267. The highest BCUT2D eigenvalue weighted by Gasteiger charge is 2.34. The standard InChI is InChI=1S/C14H19F3N2OS/c1-2-3-7-20-8-6-19-10-4-5-11(13(18)21)12(9-10)14(15,16)17/h4-5,9,19H,2-3,6-8H2,1H3,(H2,18,21).